The lowest BCUT2D eigenvalue weighted by Crippen LogP contribution is -2.11. The van der Waals surface area contributed by atoms with Crippen molar-refractivity contribution in [3.05, 3.63) is 85.0 Å². The predicted molar refractivity (Wildman–Crippen MR) is 99.8 cm³/mol. The number of hydrogen-bond donors (Lipinski definition) is 2. The van der Waals surface area contributed by atoms with Crippen molar-refractivity contribution in [2.24, 2.45) is 0 Å². The summed E-state index contributed by atoms with van der Waals surface area (Å²) in [6, 6.07) is 18.6. The number of hydrogen-bond acceptors (Lipinski definition) is 2. The average Bonchev–Trinajstić information content (AvgIpc) is 2.57. The fraction of sp³-hybridized carbons (Fsp3) is 0.100. The van der Waals surface area contributed by atoms with Crippen LogP contribution >= 0.6 is 0 Å². The minimum Gasteiger partial charge on any atom is -0.322 e. The van der Waals surface area contributed by atoms with Crippen LogP contribution in [0.5, 0.6) is 0 Å². The van der Waals surface area contributed by atoms with Crippen molar-refractivity contribution in [1.29, 1.82) is 0 Å². The number of para-hydroxylation sites is 2. The first kappa shape index (κ1) is 18.9. The van der Waals surface area contributed by atoms with Crippen LogP contribution in [0.3, 0.4) is 0 Å². The van der Waals surface area contributed by atoms with E-state index < -0.39 is 0 Å². The summed E-state index contributed by atoms with van der Waals surface area (Å²) in [5, 5.41) is 5.41. The molecule has 0 unspecified atom stereocenters. The summed E-state index contributed by atoms with van der Waals surface area (Å²) in [4.78, 5) is 22.2. The van der Waals surface area contributed by atoms with Gasteiger partial charge in [0.2, 0.25) is 0 Å². The molecule has 0 fully saturated rings. The van der Waals surface area contributed by atoms with E-state index in [9.17, 15) is 9.59 Å². The Balaban J connectivity index is 0.000000240. The first-order valence-corrected chi connectivity index (χ1v) is 7.44. The van der Waals surface area contributed by atoms with E-state index >= 15 is 0 Å². The molecule has 0 spiro atoms. The smallest absolute Gasteiger partial charge is 0.250 e. The van der Waals surface area contributed by atoms with Gasteiger partial charge in [-0.1, -0.05) is 49.6 Å². The lowest BCUT2D eigenvalue weighted by atomic mass is 10.3. The highest BCUT2D eigenvalue weighted by Gasteiger charge is 2.00. The number of anilines is 2. The van der Waals surface area contributed by atoms with Gasteiger partial charge in [0, 0.05) is 22.5 Å². The van der Waals surface area contributed by atoms with E-state index in [4.69, 9.17) is 0 Å². The molecule has 0 bridgehead atoms. The zero-order valence-corrected chi connectivity index (χ0v) is 14.0. The molecule has 4 nitrogen and oxygen atoms in total. The molecule has 24 heavy (non-hydrogen) atoms. The number of amides is 2. The van der Waals surface area contributed by atoms with Gasteiger partial charge in [0.1, 0.15) is 0 Å². The second-order valence-corrected chi connectivity index (χ2v) is 5.20. The van der Waals surface area contributed by atoms with E-state index in [0.717, 1.165) is 11.4 Å². The van der Waals surface area contributed by atoms with E-state index in [2.05, 4.69) is 23.8 Å². The van der Waals surface area contributed by atoms with Gasteiger partial charge in [-0.05, 0) is 38.1 Å². The summed E-state index contributed by atoms with van der Waals surface area (Å²) in [5.41, 5.74) is 2.62. The Kier molecular flexibility index (Phi) is 7.71. The van der Waals surface area contributed by atoms with Gasteiger partial charge in [-0.25, -0.2) is 0 Å². The Labute approximate surface area is 142 Å². The summed E-state index contributed by atoms with van der Waals surface area (Å²) >= 11 is 0. The Bertz CT molecular complexity index is 643. The molecule has 0 aliphatic heterocycles. The van der Waals surface area contributed by atoms with Crippen LogP contribution in [-0.2, 0) is 9.59 Å². The summed E-state index contributed by atoms with van der Waals surface area (Å²) in [7, 11) is 0. The zero-order valence-electron chi connectivity index (χ0n) is 14.0. The van der Waals surface area contributed by atoms with Crippen LogP contribution in [0.25, 0.3) is 0 Å². The second-order valence-electron chi connectivity index (χ2n) is 5.20. The molecule has 2 amide bonds. The van der Waals surface area contributed by atoms with Crippen LogP contribution in [0.4, 0.5) is 11.4 Å². The van der Waals surface area contributed by atoms with Crippen LogP contribution < -0.4 is 10.6 Å². The van der Waals surface area contributed by atoms with Gasteiger partial charge in [-0.2, -0.15) is 0 Å². The van der Waals surface area contributed by atoms with Crippen molar-refractivity contribution in [3.8, 4) is 0 Å². The van der Waals surface area contributed by atoms with Crippen molar-refractivity contribution in [1.82, 2.24) is 0 Å². The fourth-order valence-corrected chi connectivity index (χ4v) is 1.52. The van der Waals surface area contributed by atoms with Crippen molar-refractivity contribution >= 4 is 23.2 Å². The molecule has 2 N–H and O–H groups in total. The average molecular weight is 322 g/mol. The molecule has 2 aromatic rings. The van der Waals surface area contributed by atoms with Gasteiger partial charge in [-0.15, -0.1) is 0 Å². The maximum Gasteiger partial charge on any atom is 0.250 e. The van der Waals surface area contributed by atoms with Gasteiger partial charge < -0.3 is 10.6 Å². The monoisotopic (exact) mass is 322 g/mol. The molecule has 0 aromatic heterocycles. The van der Waals surface area contributed by atoms with Gasteiger partial charge >= 0.3 is 0 Å². The van der Waals surface area contributed by atoms with Crippen LogP contribution in [0, 0.1) is 0 Å². The standard InChI is InChI=1S/2C10H11NO/c2*1-8(2)10(12)11-9-6-4-3-5-7-9/h2*3-7H,1H2,2H3,(H,11,12). The first-order chi connectivity index (χ1) is 11.4. The maximum absolute atomic E-state index is 11.1. The Morgan fingerprint density at radius 3 is 1.21 bits per heavy atom. The molecule has 2 rings (SSSR count). The minimum absolute atomic E-state index is 0.138. The van der Waals surface area contributed by atoms with Crippen LogP contribution in [0.2, 0.25) is 0 Å². The zero-order chi connectivity index (χ0) is 17.9. The third-order valence-electron chi connectivity index (χ3n) is 2.84. The van der Waals surface area contributed by atoms with Crippen LogP contribution in [0.1, 0.15) is 13.8 Å². The van der Waals surface area contributed by atoms with Gasteiger partial charge in [-0.3, -0.25) is 9.59 Å². The van der Waals surface area contributed by atoms with E-state index in [-0.39, 0.29) is 11.8 Å². The van der Waals surface area contributed by atoms with Crippen LogP contribution in [0.15, 0.2) is 85.0 Å². The maximum atomic E-state index is 11.1. The third kappa shape index (κ3) is 7.22. The lowest BCUT2D eigenvalue weighted by molar-refractivity contribution is -0.113. The van der Waals surface area contributed by atoms with Gasteiger partial charge in [0.15, 0.2) is 0 Å². The molecule has 0 heterocycles. The van der Waals surface area contributed by atoms with E-state index in [1.54, 1.807) is 13.8 Å². The van der Waals surface area contributed by atoms with Crippen molar-refractivity contribution in [3.63, 3.8) is 0 Å². The predicted octanol–water partition coefficient (Wildman–Crippen LogP) is 4.40. The quantitative estimate of drug-likeness (QED) is 0.820. The van der Waals surface area contributed by atoms with E-state index in [0.29, 0.717) is 11.1 Å². The summed E-state index contributed by atoms with van der Waals surface area (Å²) < 4.78 is 0. The molecule has 0 aliphatic carbocycles. The van der Waals surface area contributed by atoms with Crippen molar-refractivity contribution in [2.75, 3.05) is 10.6 Å². The summed E-state index contributed by atoms with van der Waals surface area (Å²) in [6.45, 7) is 10.4. The molecule has 124 valence electrons. The van der Waals surface area contributed by atoms with E-state index in [1.165, 1.54) is 0 Å². The fourth-order valence-electron chi connectivity index (χ4n) is 1.52. The molecule has 0 radical (unpaired) electrons. The molecule has 4 heteroatoms. The molecule has 2 aromatic carbocycles. The number of rotatable bonds is 4. The molecule has 0 aliphatic rings. The summed E-state index contributed by atoms with van der Waals surface area (Å²) in [6.07, 6.45) is 0. The largest absolute Gasteiger partial charge is 0.322 e. The molecular weight excluding hydrogens is 300 g/mol. The Morgan fingerprint density at radius 2 is 0.958 bits per heavy atom. The Morgan fingerprint density at radius 1 is 0.667 bits per heavy atom. The molecule has 0 atom stereocenters. The first-order valence-electron chi connectivity index (χ1n) is 7.44. The highest BCUT2D eigenvalue weighted by Crippen LogP contribution is 2.06. The van der Waals surface area contributed by atoms with E-state index in [1.807, 2.05) is 60.7 Å². The normalized spacial score (nSPS) is 9.08. The number of carbonyl (C=O) groups is 2. The topological polar surface area (TPSA) is 58.2 Å². The SMILES string of the molecule is C=C(C)C(=O)Nc1ccccc1.C=C(C)C(=O)Nc1ccccc1. The lowest BCUT2D eigenvalue weighted by Gasteiger charge is -2.02. The minimum atomic E-state index is -0.138. The second kappa shape index (κ2) is 9.79. The highest BCUT2D eigenvalue weighted by atomic mass is 16.2. The van der Waals surface area contributed by atoms with Crippen molar-refractivity contribution < 1.29 is 9.59 Å². The van der Waals surface area contributed by atoms with Gasteiger partial charge in [0.05, 0.1) is 0 Å². The molecular formula is C20H22N2O2. The number of benzene rings is 2. The van der Waals surface area contributed by atoms with Crippen molar-refractivity contribution in [2.45, 2.75) is 13.8 Å². The summed E-state index contributed by atoms with van der Waals surface area (Å²) in [5.74, 6) is -0.276. The number of nitrogens with one attached hydrogen (secondary N) is 2. The van der Waals surface area contributed by atoms with Gasteiger partial charge in [0.25, 0.3) is 11.8 Å². The number of carbonyl (C=O) groups excluding carboxylic acids is 2. The molecule has 0 saturated carbocycles. The Hall–Kier alpha value is -3.14. The highest BCUT2D eigenvalue weighted by molar-refractivity contribution is 6.03. The third-order valence-corrected chi connectivity index (χ3v) is 2.84. The van der Waals surface area contributed by atoms with Crippen LogP contribution in [-0.4, -0.2) is 11.8 Å². The molecule has 0 saturated heterocycles.